The Labute approximate surface area is 122 Å². The van der Waals surface area contributed by atoms with E-state index >= 15 is 0 Å². The fourth-order valence-corrected chi connectivity index (χ4v) is 1.86. The zero-order valence-corrected chi connectivity index (χ0v) is 11.7. The van der Waals surface area contributed by atoms with Crippen LogP contribution in [0.3, 0.4) is 0 Å². The molecule has 0 aliphatic heterocycles. The topological polar surface area (TPSA) is 64.3 Å². The quantitative estimate of drug-likeness (QED) is 0.655. The van der Waals surface area contributed by atoms with Gasteiger partial charge in [0, 0.05) is 6.54 Å². The van der Waals surface area contributed by atoms with Crippen molar-refractivity contribution < 1.29 is 13.9 Å². The Kier molecular flexibility index (Phi) is 4.77. The number of hydrogen-bond donors (Lipinski definition) is 2. The molecule has 5 heteroatoms. The third-order valence-corrected chi connectivity index (χ3v) is 2.96. The minimum Gasteiger partial charge on any atom is -0.462 e. The van der Waals surface area contributed by atoms with Crippen LogP contribution in [0.25, 0.3) is 0 Å². The molecule has 0 aromatic heterocycles. The van der Waals surface area contributed by atoms with Crippen molar-refractivity contribution in [2.24, 2.45) is 0 Å². The Morgan fingerprint density at radius 2 is 1.95 bits per heavy atom. The minimum absolute atomic E-state index is 0.267. The molecular weight excluding hydrogens is 271 g/mol. The average molecular weight is 288 g/mol. The van der Waals surface area contributed by atoms with Crippen molar-refractivity contribution in [3.8, 4) is 0 Å². The molecule has 2 aromatic rings. The Bertz CT molecular complexity index is 627. The number of carbonyl (C=O) groups excluding carboxylic acids is 1. The van der Waals surface area contributed by atoms with Gasteiger partial charge >= 0.3 is 5.97 Å². The minimum atomic E-state index is -0.394. The van der Waals surface area contributed by atoms with Crippen molar-refractivity contribution in [2.45, 2.75) is 13.5 Å². The lowest BCUT2D eigenvalue weighted by atomic mass is 10.1. The summed E-state index contributed by atoms with van der Waals surface area (Å²) in [5, 5.41) is 3.15. The van der Waals surface area contributed by atoms with Gasteiger partial charge in [-0.25, -0.2) is 9.18 Å². The Morgan fingerprint density at radius 3 is 2.57 bits per heavy atom. The number of benzene rings is 2. The van der Waals surface area contributed by atoms with Crippen LogP contribution in [0.1, 0.15) is 22.8 Å². The second-order valence-corrected chi connectivity index (χ2v) is 4.50. The molecule has 0 atom stereocenters. The summed E-state index contributed by atoms with van der Waals surface area (Å²) in [6, 6.07) is 11.2. The monoisotopic (exact) mass is 288 g/mol. The van der Waals surface area contributed by atoms with Crippen LogP contribution in [0.4, 0.5) is 15.8 Å². The van der Waals surface area contributed by atoms with Crippen molar-refractivity contribution in [1.29, 1.82) is 0 Å². The number of hydrogen-bond acceptors (Lipinski definition) is 4. The molecule has 0 aliphatic rings. The van der Waals surface area contributed by atoms with Crippen molar-refractivity contribution in [3.63, 3.8) is 0 Å². The van der Waals surface area contributed by atoms with Gasteiger partial charge < -0.3 is 15.8 Å². The second kappa shape index (κ2) is 6.74. The Hall–Kier alpha value is -2.56. The summed E-state index contributed by atoms with van der Waals surface area (Å²) in [5.74, 6) is -0.661. The first-order valence-corrected chi connectivity index (χ1v) is 6.65. The van der Waals surface area contributed by atoms with E-state index in [4.69, 9.17) is 10.5 Å². The lowest BCUT2D eigenvalue weighted by Crippen LogP contribution is -2.07. The van der Waals surface area contributed by atoms with E-state index in [0.29, 0.717) is 30.1 Å². The molecule has 21 heavy (non-hydrogen) atoms. The van der Waals surface area contributed by atoms with E-state index in [9.17, 15) is 9.18 Å². The van der Waals surface area contributed by atoms with Gasteiger partial charge in [0.1, 0.15) is 5.82 Å². The molecule has 0 radical (unpaired) electrons. The van der Waals surface area contributed by atoms with Crippen LogP contribution < -0.4 is 11.1 Å². The zero-order valence-electron chi connectivity index (χ0n) is 11.7. The van der Waals surface area contributed by atoms with E-state index in [1.54, 1.807) is 37.3 Å². The highest BCUT2D eigenvalue weighted by Crippen LogP contribution is 2.21. The van der Waals surface area contributed by atoms with Crippen LogP contribution in [-0.4, -0.2) is 12.6 Å². The van der Waals surface area contributed by atoms with Gasteiger partial charge in [-0.2, -0.15) is 0 Å². The zero-order chi connectivity index (χ0) is 15.2. The molecule has 0 spiro atoms. The van der Waals surface area contributed by atoms with Gasteiger partial charge in [0.25, 0.3) is 0 Å². The van der Waals surface area contributed by atoms with Gasteiger partial charge in [0.15, 0.2) is 0 Å². The maximum Gasteiger partial charge on any atom is 0.338 e. The SMILES string of the molecule is CCOC(=O)c1ccc(NCc2ccc(F)cc2)c(N)c1. The van der Waals surface area contributed by atoms with Crippen LogP contribution in [0.5, 0.6) is 0 Å². The van der Waals surface area contributed by atoms with E-state index in [1.807, 2.05) is 0 Å². The molecule has 4 nitrogen and oxygen atoms in total. The lowest BCUT2D eigenvalue weighted by Gasteiger charge is -2.11. The Morgan fingerprint density at radius 1 is 1.24 bits per heavy atom. The van der Waals surface area contributed by atoms with Crippen LogP contribution >= 0.6 is 0 Å². The molecule has 0 saturated carbocycles. The highest BCUT2D eigenvalue weighted by Gasteiger charge is 2.08. The molecular formula is C16H17FN2O2. The van der Waals surface area contributed by atoms with E-state index < -0.39 is 5.97 Å². The molecule has 0 aliphatic carbocycles. The van der Waals surface area contributed by atoms with Crippen molar-refractivity contribution in [2.75, 3.05) is 17.7 Å². The number of esters is 1. The molecule has 110 valence electrons. The highest BCUT2D eigenvalue weighted by atomic mass is 19.1. The molecule has 0 saturated heterocycles. The molecule has 0 amide bonds. The first-order chi connectivity index (χ1) is 10.1. The molecule has 2 rings (SSSR count). The maximum atomic E-state index is 12.8. The number of ether oxygens (including phenoxy) is 1. The number of nitrogens with one attached hydrogen (secondary N) is 1. The van der Waals surface area contributed by atoms with Crippen LogP contribution in [0.15, 0.2) is 42.5 Å². The fraction of sp³-hybridized carbons (Fsp3) is 0.188. The van der Waals surface area contributed by atoms with E-state index in [1.165, 1.54) is 12.1 Å². The molecule has 0 unspecified atom stereocenters. The molecule has 3 N–H and O–H groups in total. The summed E-state index contributed by atoms with van der Waals surface area (Å²) in [6.45, 7) is 2.59. The second-order valence-electron chi connectivity index (χ2n) is 4.50. The number of carbonyl (C=O) groups is 1. The van der Waals surface area contributed by atoms with Gasteiger partial charge in [0.2, 0.25) is 0 Å². The fourth-order valence-electron chi connectivity index (χ4n) is 1.86. The average Bonchev–Trinajstić information content (AvgIpc) is 2.48. The van der Waals surface area contributed by atoms with Gasteiger partial charge in [-0.1, -0.05) is 12.1 Å². The smallest absolute Gasteiger partial charge is 0.338 e. The predicted molar refractivity (Wildman–Crippen MR) is 80.5 cm³/mol. The first-order valence-electron chi connectivity index (χ1n) is 6.65. The van der Waals surface area contributed by atoms with Gasteiger partial charge in [-0.3, -0.25) is 0 Å². The lowest BCUT2D eigenvalue weighted by molar-refractivity contribution is 0.0526. The normalized spacial score (nSPS) is 10.2. The maximum absolute atomic E-state index is 12.8. The van der Waals surface area contributed by atoms with Crippen LogP contribution in [-0.2, 0) is 11.3 Å². The summed E-state index contributed by atoms with van der Waals surface area (Å²) in [4.78, 5) is 11.6. The van der Waals surface area contributed by atoms with Crippen LogP contribution in [0, 0.1) is 5.82 Å². The van der Waals surface area contributed by atoms with E-state index in [0.717, 1.165) is 5.56 Å². The van der Waals surface area contributed by atoms with Gasteiger partial charge in [-0.05, 0) is 42.8 Å². The van der Waals surface area contributed by atoms with Crippen LogP contribution in [0.2, 0.25) is 0 Å². The van der Waals surface area contributed by atoms with E-state index in [2.05, 4.69) is 5.32 Å². The first kappa shape index (κ1) is 14.8. The third kappa shape index (κ3) is 3.95. The largest absolute Gasteiger partial charge is 0.462 e. The third-order valence-electron chi connectivity index (χ3n) is 2.96. The highest BCUT2D eigenvalue weighted by molar-refractivity contribution is 5.91. The summed E-state index contributed by atoms with van der Waals surface area (Å²) < 4.78 is 17.7. The van der Waals surface area contributed by atoms with Crippen molar-refractivity contribution in [3.05, 3.63) is 59.4 Å². The number of nitrogens with two attached hydrogens (primary N) is 1. The molecule has 0 bridgehead atoms. The molecule has 0 fully saturated rings. The molecule has 2 aromatic carbocycles. The number of halogens is 1. The van der Waals surface area contributed by atoms with Gasteiger partial charge in [0.05, 0.1) is 23.5 Å². The summed E-state index contributed by atoms with van der Waals surface area (Å²) in [6.07, 6.45) is 0. The number of anilines is 2. The number of nitrogen functional groups attached to an aromatic ring is 1. The van der Waals surface area contributed by atoms with Crippen molar-refractivity contribution in [1.82, 2.24) is 0 Å². The summed E-state index contributed by atoms with van der Waals surface area (Å²) in [7, 11) is 0. The Balaban J connectivity index is 2.04. The number of rotatable bonds is 5. The summed E-state index contributed by atoms with van der Waals surface area (Å²) in [5.41, 5.74) is 8.44. The molecule has 0 heterocycles. The van der Waals surface area contributed by atoms with Crippen molar-refractivity contribution >= 4 is 17.3 Å². The standard InChI is InChI=1S/C16H17FN2O2/c1-2-21-16(20)12-5-8-15(14(18)9-12)19-10-11-3-6-13(17)7-4-11/h3-9,19H,2,10,18H2,1H3. The summed E-state index contributed by atoms with van der Waals surface area (Å²) >= 11 is 0. The van der Waals surface area contributed by atoms with E-state index in [-0.39, 0.29) is 5.82 Å². The van der Waals surface area contributed by atoms with Gasteiger partial charge in [-0.15, -0.1) is 0 Å². The predicted octanol–water partition coefficient (Wildman–Crippen LogP) is 3.20.